The van der Waals surface area contributed by atoms with E-state index in [2.05, 4.69) is 10.2 Å². The van der Waals surface area contributed by atoms with Crippen LogP contribution < -0.4 is 5.56 Å². The first-order valence-corrected chi connectivity index (χ1v) is 8.79. The number of carbonyl (C=O) groups excluding carboxylic acids is 1. The zero-order chi connectivity index (χ0) is 18.8. The molecule has 0 atom stereocenters. The predicted molar refractivity (Wildman–Crippen MR) is 96.9 cm³/mol. The van der Waals surface area contributed by atoms with Crippen LogP contribution in [0.15, 0.2) is 16.9 Å². The molecule has 0 unspecified atom stereocenters. The van der Waals surface area contributed by atoms with Gasteiger partial charge in [0.05, 0.1) is 17.4 Å². The number of nitrogens with zero attached hydrogens (tertiary/aromatic N) is 5. The Kier molecular flexibility index (Phi) is 5.22. The second kappa shape index (κ2) is 7.41. The topological polar surface area (TPSA) is 82.2 Å². The molecule has 2 aromatic rings. The summed E-state index contributed by atoms with van der Waals surface area (Å²) in [7, 11) is 3.41. The van der Waals surface area contributed by atoms with Gasteiger partial charge in [0.1, 0.15) is 6.61 Å². The van der Waals surface area contributed by atoms with Crippen LogP contribution in [-0.2, 0) is 16.6 Å². The summed E-state index contributed by atoms with van der Waals surface area (Å²) in [5, 5.41) is 9.06. The van der Waals surface area contributed by atoms with Crippen LogP contribution in [-0.4, -0.2) is 57.2 Å². The second-order valence-corrected chi connectivity index (χ2v) is 6.72. The summed E-state index contributed by atoms with van der Waals surface area (Å²) < 4.78 is 8.30. The lowest BCUT2D eigenvalue weighted by Gasteiger charge is -2.32. The van der Waals surface area contributed by atoms with Crippen molar-refractivity contribution >= 4 is 5.91 Å². The fourth-order valence-electron chi connectivity index (χ4n) is 3.54. The number of carbonyl (C=O) groups is 1. The Bertz CT molecular complexity index is 862. The molecule has 0 radical (unpaired) electrons. The summed E-state index contributed by atoms with van der Waals surface area (Å²) >= 11 is 0. The monoisotopic (exact) mass is 359 g/mol. The number of amides is 1. The van der Waals surface area contributed by atoms with Gasteiger partial charge in [0.15, 0.2) is 0 Å². The van der Waals surface area contributed by atoms with Crippen LogP contribution in [0.5, 0.6) is 0 Å². The van der Waals surface area contributed by atoms with E-state index in [4.69, 9.17) is 4.74 Å². The Morgan fingerprint density at radius 1 is 1.23 bits per heavy atom. The maximum Gasteiger partial charge on any atom is 0.267 e. The molecule has 0 bridgehead atoms. The van der Waals surface area contributed by atoms with E-state index < -0.39 is 0 Å². The highest BCUT2D eigenvalue weighted by atomic mass is 16.5. The molecule has 3 rings (SSSR count). The summed E-state index contributed by atoms with van der Waals surface area (Å²) in [6.07, 6.45) is 1.41. The molecular weight excluding hydrogens is 334 g/mol. The fraction of sp³-hybridized carbons (Fsp3) is 0.556. The minimum absolute atomic E-state index is 0.00803. The Hall–Kier alpha value is -2.48. The van der Waals surface area contributed by atoms with Crippen LogP contribution in [0.1, 0.15) is 30.3 Å². The van der Waals surface area contributed by atoms with E-state index in [9.17, 15) is 9.59 Å². The third-order valence-electron chi connectivity index (χ3n) is 5.02. The quantitative estimate of drug-likeness (QED) is 0.816. The molecule has 1 aliphatic rings. The minimum Gasteiger partial charge on any atom is -0.375 e. The van der Waals surface area contributed by atoms with Gasteiger partial charge in [-0.2, -0.15) is 10.2 Å². The van der Waals surface area contributed by atoms with Crippen molar-refractivity contribution in [1.29, 1.82) is 0 Å². The first kappa shape index (κ1) is 18.3. The van der Waals surface area contributed by atoms with E-state index in [1.54, 1.807) is 21.7 Å². The second-order valence-electron chi connectivity index (χ2n) is 6.72. The van der Waals surface area contributed by atoms with Crippen molar-refractivity contribution < 1.29 is 9.53 Å². The molecule has 0 spiro atoms. The lowest BCUT2D eigenvalue weighted by molar-refractivity contribution is -0.136. The fourth-order valence-corrected chi connectivity index (χ4v) is 3.54. The van der Waals surface area contributed by atoms with Gasteiger partial charge in [0, 0.05) is 44.6 Å². The van der Waals surface area contributed by atoms with E-state index in [1.165, 1.54) is 7.11 Å². The molecule has 26 heavy (non-hydrogen) atoms. The highest BCUT2D eigenvalue weighted by Gasteiger charge is 2.25. The number of rotatable bonds is 4. The van der Waals surface area contributed by atoms with Gasteiger partial charge in [-0.1, -0.05) is 0 Å². The SMILES string of the molecule is COCC(=O)N1CCC(n2nc(-c3c(C)nn(C)c3C)ccc2=O)CC1. The highest BCUT2D eigenvalue weighted by molar-refractivity contribution is 5.77. The molecule has 0 aliphatic carbocycles. The Morgan fingerprint density at radius 2 is 1.92 bits per heavy atom. The third-order valence-corrected chi connectivity index (χ3v) is 5.02. The lowest BCUT2D eigenvalue weighted by Crippen LogP contribution is -2.42. The number of aryl methyl sites for hydroxylation is 2. The Morgan fingerprint density at radius 3 is 2.50 bits per heavy atom. The Labute approximate surface area is 152 Å². The van der Waals surface area contributed by atoms with Gasteiger partial charge >= 0.3 is 0 Å². The largest absolute Gasteiger partial charge is 0.375 e. The average Bonchev–Trinajstić information content (AvgIpc) is 2.88. The molecule has 0 saturated carbocycles. The number of methoxy groups -OCH3 is 1. The smallest absolute Gasteiger partial charge is 0.267 e. The molecule has 8 heteroatoms. The Balaban J connectivity index is 1.84. The predicted octanol–water partition coefficient (Wildman–Crippen LogP) is 1.07. The van der Waals surface area contributed by atoms with E-state index in [1.807, 2.05) is 25.6 Å². The first-order valence-electron chi connectivity index (χ1n) is 8.79. The number of hydrogen-bond donors (Lipinski definition) is 0. The van der Waals surface area contributed by atoms with Crippen molar-refractivity contribution in [3.63, 3.8) is 0 Å². The number of likely N-dealkylation sites (tertiary alicyclic amines) is 1. The molecule has 8 nitrogen and oxygen atoms in total. The molecule has 0 N–H and O–H groups in total. The molecule has 1 amide bonds. The van der Waals surface area contributed by atoms with Gasteiger partial charge in [0.25, 0.3) is 5.56 Å². The van der Waals surface area contributed by atoms with Gasteiger partial charge in [-0.05, 0) is 32.8 Å². The van der Waals surface area contributed by atoms with E-state index >= 15 is 0 Å². The number of ether oxygens (including phenoxy) is 1. The lowest BCUT2D eigenvalue weighted by atomic mass is 10.0. The zero-order valence-electron chi connectivity index (χ0n) is 15.7. The molecule has 1 aliphatic heterocycles. The van der Waals surface area contributed by atoms with Crippen LogP contribution in [0.25, 0.3) is 11.3 Å². The van der Waals surface area contributed by atoms with Crippen molar-refractivity contribution in [2.75, 3.05) is 26.8 Å². The third kappa shape index (κ3) is 3.41. The maximum absolute atomic E-state index is 12.4. The van der Waals surface area contributed by atoms with Crippen molar-refractivity contribution in [2.45, 2.75) is 32.7 Å². The molecule has 140 valence electrons. The van der Waals surface area contributed by atoms with Gasteiger partial charge in [-0.15, -0.1) is 0 Å². The summed E-state index contributed by atoms with van der Waals surface area (Å²) in [6.45, 7) is 5.25. The molecular formula is C18H25N5O3. The molecule has 3 heterocycles. The molecule has 0 aromatic carbocycles. The van der Waals surface area contributed by atoms with Crippen LogP contribution in [0.4, 0.5) is 0 Å². The first-order chi connectivity index (χ1) is 12.4. The molecule has 1 saturated heterocycles. The maximum atomic E-state index is 12.4. The van der Waals surface area contributed by atoms with Crippen LogP contribution in [0, 0.1) is 13.8 Å². The van der Waals surface area contributed by atoms with Crippen LogP contribution in [0.3, 0.4) is 0 Å². The van der Waals surface area contributed by atoms with Crippen molar-refractivity contribution in [1.82, 2.24) is 24.5 Å². The summed E-state index contributed by atoms with van der Waals surface area (Å²) in [4.78, 5) is 26.1. The summed E-state index contributed by atoms with van der Waals surface area (Å²) in [5.74, 6) is -0.0124. The van der Waals surface area contributed by atoms with Gasteiger partial charge < -0.3 is 9.64 Å². The van der Waals surface area contributed by atoms with Gasteiger partial charge in [-0.3, -0.25) is 14.3 Å². The summed E-state index contributed by atoms with van der Waals surface area (Å²) in [6, 6.07) is 3.32. The van der Waals surface area contributed by atoms with Crippen LogP contribution in [0.2, 0.25) is 0 Å². The number of aromatic nitrogens is 4. The summed E-state index contributed by atoms with van der Waals surface area (Å²) in [5.41, 5.74) is 3.51. The molecule has 1 fully saturated rings. The number of hydrogen-bond acceptors (Lipinski definition) is 5. The van der Waals surface area contributed by atoms with Crippen LogP contribution >= 0.6 is 0 Å². The average molecular weight is 359 g/mol. The molecule has 2 aromatic heterocycles. The van der Waals surface area contributed by atoms with E-state index in [0.29, 0.717) is 25.9 Å². The van der Waals surface area contributed by atoms with Crippen molar-refractivity contribution in [2.24, 2.45) is 7.05 Å². The van der Waals surface area contributed by atoms with Crippen molar-refractivity contribution in [3.8, 4) is 11.3 Å². The highest BCUT2D eigenvalue weighted by Crippen LogP contribution is 2.26. The minimum atomic E-state index is -0.116. The normalized spacial score (nSPS) is 15.5. The zero-order valence-corrected chi connectivity index (χ0v) is 15.7. The number of piperidine rings is 1. The standard InChI is InChI=1S/C18H25N5O3/c1-12-18(13(2)21(3)19-12)15-5-6-16(24)23(20-15)14-7-9-22(10-8-14)17(25)11-26-4/h5-6,14H,7-11H2,1-4H3. The van der Waals surface area contributed by atoms with Gasteiger partial charge in [0.2, 0.25) is 5.91 Å². The van der Waals surface area contributed by atoms with Gasteiger partial charge in [-0.25, -0.2) is 4.68 Å². The van der Waals surface area contributed by atoms with Crippen molar-refractivity contribution in [3.05, 3.63) is 33.9 Å². The van der Waals surface area contributed by atoms with E-state index in [0.717, 1.165) is 22.6 Å². The van der Waals surface area contributed by atoms with E-state index in [-0.39, 0.29) is 24.1 Å².